The third-order valence-corrected chi connectivity index (χ3v) is 4.37. The van der Waals surface area contributed by atoms with Gasteiger partial charge in [0, 0.05) is 16.6 Å². The number of hydrogen-bond donors (Lipinski definition) is 1. The number of amides is 1. The Morgan fingerprint density at radius 2 is 1.96 bits per heavy atom. The summed E-state index contributed by atoms with van der Waals surface area (Å²) < 4.78 is 1.41. The molecule has 7 heteroatoms. The van der Waals surface area contributed by atoms with E-state index in [0.717, 1.165) is 5.56 Å². The Labute approximate surface area is 154 Å². The zero-order valence-electron chi connectivity index (χ0n) is 13.2. The van der Waals surface area contributed by atoms with Crippen LogP contribution in [0.15, 0.2) is 53.5 Å². The van der Waals surface area contributed by atoms with Crippen LogP contribution < -0.4 is 10.9 Å². The van der Waals surface area contributed by atoms with Crippen molar-refractivity contribution in [1.29, 1.82) is 0 Å². The van der Waals surface area contributed by atoms with E-state index < -0.39 is 0 Å². The third kappa shape index (κ3) is 4.18. The molecule has 2 aromatic carbocycles. The van der Waals surface area contributed by atoms with Crippen LogP contribution in [-0.4, -0.2) is 22.0 Å². The molecule has 0 atom stereocenters. The van der Waals surface area contributed by atoms with Crippen molar-refractivity contribution in [3.8, 4) is 0 Å². The SMILES string of the molecule is O=C(Cn1c(=O)cnc2ccccc21)NCCc1ccc(Cl)cc1Cl. The fourth-order valence-electron chi connectivity index (χ4n) is 2.54. The molecule has 5 nitrogen and oxygen atoms in total. The number of nitrogens with zero attached hydrogens (tertiary/aromatic N) is 2. The summed E-state index contributed by atoms with van der Waals surface area (Å²) in [7, 11) is 0. The molecule has 0 unspecified atom stereocenters. The van der Waals surface area contributed by atoms with E-state index >= 15 is 0 Å². The maximum absolute atomic E-state index is 12.2. The van der Waals surface area contributed by atoms with Gasteiger partial charge in [0.1, 0.15) is 6.54 Å². The van der Waals surface area contributed by atoms with E-state index in [4.69, 9.17) is 23.2 Å². The average molecular weight is 376 g/mol. The summed E-state index contributed by atoms with van der Waals surface area (Å²) in [6.45, 7) is 0.355. The molecule has 0 aliphatic carbocycles. The first-order valence-electron chi connectivity index (χ1n) is 7.70. The zero-order chi connectivity index (χ0) is 17.8. The van der Waals surface area contributed by atoms with Gasteiger partial charge in [-0.05, 0) is 36.2 Å². The number of hydrogen-bond acceptors (Lipinski definition) is 3. The Morgan fingerprint density at radius 3 is 2.76 bits per heavy atom. The summed E-state index contributed by atoms with van der Waals surface area (Å²) in [5.74, 6) is -0.247. The monoisotopic (exact) mass is 375 g/mol. The predicted molar refractivity (Wildman–Crippen MR) is 99.2 cm³/mol. The van der Waals surface area contributed by atoms with Gasteiger partial charge in [-0.3, -0.25) is 14.2 Å². The Hall–Kier alpha value is -2.37. The van der Waals surface area contributed by atoms with Crippen molar-refractivity contribution in [1.82, 2.24) is 14.9 Å². The maximum atomic E-state index is 12.2. The van der Waals surface area contributed by atoms with Crippen molar-refractivity contribution >= 4 is 40.1 Å². The molecule has 0 saturated carbocycles. The van der Waals surface area contributed by atoms with Gasteiger partial charge in [-0.2, -0.15) is 0 Å². The molecule has 1 aromatic heterocycles. The zero-order valence-corrected chi connectivity index (χ0v) is 14.7. The highest BCUT2D eigenvalue weighted by Crippen LogP contribution is 2.21. The maximum Gasteiger partial charge on any atom is 0.269 e. The van der Waals surface area contributed by atoms with Gasteiger partial charge in [0.05, 0.1) is 17.2 Å². The van der Waals surface area contributed by atoms with Crippen LogP contribution in [0.4, 0.5) is 0 Å². The molecule has 25 heavy (non-hydrogen) atoms. The average Bonchev–Trinajstić information content (AvgIpc) is 2.59. The van der Waals surface area contributed by atoms with Crippen LogP contribution in [0.25, 0.3) is 11.0 Å². The molecule has 0 bridgehead atoms. The molecule has 1 N–H and O–H groups in total. The Kier molecular flexibility index (Phi) is 5.36. The molecule has 0 aliphatic rings. The number of rotatable bonds is 5. The second-order valence-electron chi connectivity index (χ2n) is 5.51. The van der Waals surface area contributed by atoms with Gasteiger partial charge in [0.2, 0.25) is 5.91 Å². The normalized spacial score (nSPS) is 10.8. The first-order valence-corrected chi connectivity index (χ1v) is 8.45. The molecule has 1 heterocycles. The van der Waals surface area contributed by atoms with Gasteiger partial charge >= 0.3 is 0 Å². The topological polar surface area (TPSA) is 64.0 Å². The van der Waals surface area contributed by atoms with Crippen LogP contribution in [0, 0.1) is 0 Å². The summed E-state index contributed by atoms with van der Waals surface area (Å²) in [5.41, 5.74) is 1.89. The van der Waals surface area contributed by atoms with Crippen LogP contribution in [0.3, 0.4) is 0 Å². The lowest BCUT2D eigenvalue weighted by Gasteiger charge is -2.10. The summed E-state index contributed by atoms with van der Waals surface area (Å²) in [5, 5.41) is 3.94. The highest BCUT2D eigenvalue weighted by Gasteiger charge is 2.09. The number of carbonyl (C=O) groups excluding carboxylic acids is 1. The lowest BCUT2D eigenvalue weighted by atomic mass is 10.1. The Morgan fingerprint density at radius 1 is 1.16 bits per heavy atom. The quantitative estimate of drug-likeness (QED) is 0.745. The van der Waals surface area contributed by atoms with Crippen LogP contribution in [0.5, 0.6) is 0 Å². The molecule has 0 radical (unpaired) electrons. The van der Waals surface area contributed by atoms with Crippen molar-refractivity contribution in [2.45, 2.75) is 13.0 Å². The Balaban J connectivity index is 1.65. The molecule has 0 saturated heterocycles. The van der Waals surface area contributed by atoms with Gasteiger partial charge in [0.15, 0.2) is 0 Å². The first-order chi connectivity index (χ1) is 12.0. The fourth-order valence-corrected chi connectivity index (χ4v) is 3.04. The molecule has 0 spiro atoms. The van der Waals surface area contributed by atoms with E-state index in [-0.39, 0.29) is 18.0 Å². The number of benzene rings is 2. The molecule has 3 aromatic rings. The van der Waals surface area contributed by atoms with E-state index in [1.165, 1.54) is 10.8 Å². The van der Waals surface area contributed by atoms with Gasteiger partial charge in [-0.25, -0.2) is 4.98 Å². The van der Waals surface area contributed by atoms with Gasteiger partial charge in [-0.1, -0.05) is 41.4 Å². The number of nitrogens with one attached hydrogen (secondary N) is 1. The van der Waals surface area contributed by atoms with E-state index in [9.17, 15) is 9.59 Å². The van der Waals surface area contributed by atoms with Crippen LogP contribution in [0.2, 0.25) is 10.0 Å². The summed E-state index contributed by atoms with van der Waals surface area (Å²) in [6.07, 6.45) is 1.80. The molecular weight excluding hydrogens is 361 g/mol. The molecule has 0 aliphatic heterocycles. The summed E-state index contributed by atoms with van der Waals surface area (Å²) in [6, 6.07) is 12.5. The third-order valence-electron chi connectivity index (χ3n) is 3.79. The standard InChI is InChI=1S/C18H15Cl2N3O2/c19-13-6-5-12(14(20)9-13)7-8-21-17(24)11-23-16-4-2-1-3-15(16)22-10-18(23)25/h1-6,9-10H,7-8,11H2,(H,21,24). The van der Waals surface area contributed by atoms with E-state index in [0.29, 0.717) is 34.0 Å². The molecule has 0 fully saturated rings. The molecule has 128 valence electrons. The molecular formula is C18H15Cl2N3O2. The second kappa shape index (κ2) is 7.68. The predicted octanol–water partition coefficient (Wildman–Crippen LogP) is 3.06. The minimum atomic E-state index is -0.311. The number of aromatic nitrogens is 2. The summed E-state index contributed by atoms with van der Waals surface area (Å²) in [4.78, 5) is 28.3. The highest BCUT2D eigenvalue weighted by molar-refractivity contribution is 6.35. The number of carbonyl (C=O) groups is 1. The van der Waals surface area contributed by atoms with Crippen molar-refractivity contribution in [3.05, 3.63) is 74.6 Å². The highest BCUT2D eigenvalue weighted by atomic mass is 35.5. The fraction of sp³-hybridized carbons (Fsp3) is 0.167. The van der Waals surface area contributed by atoms with E-state index in [1.807, 2.05) is 12.1 Å². The Bertz CT molecular complexity index is 985. The van der Waals surface area contributed by atoms with Crippen molar-refractivity contribution in [2.24, 2.45) is 0 Å². The minimum Gasteiger partial charge on any atom is -0.354 e. The van der Waals surface area contributed by atoms with E-state index in [1.54, 1.807) is 30.3 Å². The van der Waals surface area contributed by atoms with Crippen LogP contribution in [-0.2, 0) is 17.8 Å². The van der Waals surface area contributed by atoms with E-state index in [2.05, 4.69) is 10.3 Å². The second-order valence-corrected chi connectivity index (χ2v) is 6.35. The van der Waals surface area contributed by atoms with Crippen LogP contribution in [0.1, 0.15) is 5.56 Å². The van der Waals surface area contributed by atoms with Crippen molar-refractivity contribution in [2.75, 3.05) is 6.54 Å². The summed E-state index contributed by atoms with van der Waals surface area (Å²) >= 11 is 12.0. The van der Waals surface area contributed by atoms with Gasteiger partial charge in [0.25, 0.3) is 5.56 Å². The molecule has 3 rings (SSSR count). The largest absolute Gasteiger partial charge is 0.354 e. The van der Waals surface area contributed by atoms with Crippen molar-refractivity contribution < 1.29 is 4.79 Å². The lowest BCUT2D eigenvalue weighted by molar-refractivity contribution is -0.121. The van der Waals surface area contributed by atoms with Crippen LogP contribution >= 0.6 is 23.2 Å². The number of fused-ring (bicyclic) bond motifs is 1. The number of halogens is 2. The first kappa shape index (κ1) is 17.5. The lowest BCUT2D eigenvalue weighted by Crippen LogP contribution is -2.33. The van der Waals surface area contributed by atoms with Gasteiger partial charge < -0.3 is 5.32 Å². The van der Waals surface area contributed by atoms with Gasteiger partial charge in [-0.15, -0.1) is 0 Å². The minimum absolute atomic E-state index is 0.0593. The number of para-hydroxylation sites is 2. The molecule has 1 amide bonds. The van der Waals surface area contributed by atoms with Crippen molar-refractivity contribution in [3.63, 3.8) is 0 Å². The smallest absolute Gasteiger partial charge is 0.269 e.